The van der Waals surface area contributed by atoms with Gasteiger partial charge in [-0.05, 0) is 61.2 Å². The van der Waals surface area contributed by atoms with Crippen LogP contribution in [0.3, 0.4) is 0 Å². The van der Waals surface area contributed by atoms with E-state index in [2.05, 4.69) is 4.72 Å². The smallest absolute Gasteiger partial charge is 0.241 e. The second-order valence-corrected chi connectivity index (χ2v) is 9.02. The lowest BCUT2D eigenvalue weighted by atomic mass is 10.0. The zero-order valence-corrected chi connectivity index (χ0v) is 17.3. The lowest BCUT2D eigenvalue weighted by molar-refractivity contribution is -0.116. The molecule has 2 aliphatic rings. The van der Waals surface area contributed by atoms with Crippen LogP contribution >= 0.6 is 0 Å². The Morgan fingerprint density at radius 3 is 2.62 bits per heavy atom. The summed E-state index contributed by atoms with van der Waals surface area (Å²) in [5.74, 6) is 1.25. The van der Waals surface area contributed by atoms with Crippen LogP contribution in [0.5, 0.6) is 11.5 Å². The van der Waals surface area contributed by atoms with E-state index in [0.29, 0.717) is 31.3 Å². The molecule has 0 spiro atoms. The Morgan fingerprint density at radius 1 is 1.10 bits per heavy atom. The summed E-state index contributed by atoms with van der Waals surface area (Å²) in [5.41, 5.74) is 2.46. The molecular formula is C21H24N2O5S. The topological polar surface area (TPSA) is 84.9 Å². The van der Waals surface area contributed by atoms with Crippen LogP contribution in [0.1, 0.15) is 37.4 Å². The minimum absolute atomic E-state index is 0.0353. The molecule has 2 aromatic rings. The van der Waals surface area contributed by atoms with Gasteiger partial charge >= 0.3 is 0 Å². The Hall–Kier alpha value is -2.58. The highest BCUT2D eigenvalue weighted by Gasteiger charge is 2.25. The highest BCUT2D eigenvalue weighted by Crippen LogP contribution is 2.33. The molecule has 0 fully saturated rings. The molecule has 0 radical (unpaired) electrons. The Kier molecular flexibility index (Phi) is 5.23. The summed E-state index contributed by atoms with van der Waals surface area (Å²) >= 11 is 0. The molecule has 0 saturated heterocycles. The molecule has 0 unspecified atom stereocenters. The predicted molar refractivity (Wildman–Crippen MR) is 109 cm³/mol. The Balaban J connectivity index is 1.56. The fraction of sp³-hybridized carbons (Fsp3) is 0.381. The van der Waals surface area contributed by atoms with Gasteiger partial charge in [-0.25, -0.2) is 13.1 Å². The van der Waals surface area contributed by atoms with Crippen molar-refractivity contribution >= 4 is 21.6 Å². The van der Waals surface area contributed by atoms with Crippen molar-refractivity contribution in [1.82, 2.24) is 4.72 Å². The second kappa shape index (κ2) is 7.68. The molecular weight excluding hydrogens is 392 g/mol. The van der Waals surface area contributed by atoms with Gasteiger partial charge in [-0.1, -0.05) is 6.07 Å². The number of nitrogens with zero attached hydrogens (tertiary/aromatic N) is 1. The third kappa shape index (κ3) is 3.95. The zero-order valence-electron chi connectivity index (χ0n) is 16.5. The number of amides is 1. The number of carbonyl (C=O) groups excluding carboxylic acids is 1. The first-order chi connectivity index (χ1) is 13.8. The number of hydrogen-bond donors (Lipinski definition) is 1. The Labute approximate surface area is 170 Å². The molecule has 1 amide bonds. The van der Waals surface area contributed by atoms with Crippen LogP contribution in [0, 0.1) is 0 Å². The number of rotatable bonds is 4. The number of benzene rings is 2. The first kappa shape index (κ1) is 19.7. The number of anilines is 1. The van der Waals surface area contributed by atoms with Crippen LogP contribution in [0.25, 0.3) is 0 Å². The molecule has 0 saturated carbocycles. The maximum absolute atomic E-state index is 13.0. The molecule has 29 heavy (non-hydrogen) atoms. The van der Waals surface area contributed by atoms with E-state index < -0.39 is 16.1 Å². The van der Waals surface area contributed by atoms with Crippen molar-refractivity contribution in [2.24, 2.45) is 0 Å². The van der Waals surface area contributed by atoms with Gasteiger partial charge in [0.1, 0.15) is 13.2 Å². The third-order valence-electron chi connectivity index (χ3n) is 5.26. The number of hydrogen-bond acceptors (Lipinski definition) is 5. The normalized spacial score (nSPS) is 16.8. The molecule has 7 nitrogen and oxygen atoms in total. The van der Waals surface area contributed by atoms with E-state index in [0.717, 1.165) is 29.7 Å². The van der Waals surface area contributed by atoms with Crippen molar-refractivity contribution in [2.75, 3.05) is 24.7 Å². The molecule has 154 valence electrons. The van der Waals surface area contributed by atoms with Crippen LogP contribution in [-0.4, -0.2) is 34.1 Å². The Morgan fingerprint density at radius 2 is 1.86 bits per heavy atom. The minimum atomic E-state index is -3.73. The monoisotopic (exact) mass is 416 g/mol. The van der Waals surface area contributed by atoms with Gasteiger partial charge in [0.15, 0.2) is 11.5 Å². The molecule has 8 heteroatoms. The summed E-state index contributed by atoms with van der Waals surface area (Å²) < 4.78 is 39.7. The van der Waals surface area contributed by atoms with Gasteiger partial charge < -0.3 is 14.4 Å². The quantitative estimate of drug-likeness (QED) is 0.829. The van der Waals surface area contributed by atoms with Gasteiger partial charge in [0, 0.05) is 25.2 Å². The van der Waals surface area contributed by atoms with E-state index in [1.54, 1.807) is 42.2 Å². The van der Waals surface area contributed by atoms with Crippen molar-refractivity contribution in [3.05, 3.63) is 47.5 Å². The van der Waals surface area contributed by atoms with Gasteiger partial charge in [-0.15, -0.1) is 0 Å². The van der Waals surface area contributed by atoms with Gasteiger partial charge in [0.25, 0.3) is 0 Å². The van der Waals surface area contributed by atoms with Crippen molar-refractivity contribution < 1.29 is 22.7 Å². The average Bonchev–Trinajstić information content (AvgIpc) is 2.72. The van der Waals surface area contributed by atoms with E-state index in [1.807, 2.05) is 6.07 Å². The summed E-state index contributed by atoms with van der Waals surface area (Å²) in [6.45, 7) is 4.96. The second-order valence-electron chi connectivity index (χ2n) is 7.31. The lowest BCUT2D eigenvalue weighted by Crippen LogP contribution is -2.34. The molecule has 2 aromatic carbocycles. The van der Waals surface area contributed by atoms with Crippen LogP contribution in [0.4, 0.5) is 5.69 Å². The largest absolute Gasteiger partial charge is 0.486 e. The van der Waals surface area contributed by atoms with Crippen LogP contribution in [0.2, 0.25) is 0 Å². The van der Waals surface area contributed by atoms with Gasteiger partial charge in [0.2, 0.25) is 15.9 Å². The molecule has 1 N–H and O–H groups in total. The SMILES string of the molecule is CC(=O)N1CCCc2cc(S(=O)(=O)N[C@H](C)c3ccc4c(c3)OCCO4)ccc21. The number of sulfonamides is 1. The van der Waals surface area contributed by atoms with E-state index in [4.69, 9.17) is 9.47 Å². The summed E-state index contributed by atoms with van der Waals surface area (Å²) in [5, 5.41) is 0. The first-order valence-corrected chi connectivity index (χ1v) is 11.2. The molecule has 4 rings (SSSR count). The van der Waals surface area contributed by atoms with Gasteiger partial charge in [-0.3, -0.25) is 4.79 Å². The predicted octanol–water partition coefficient (Wildman–Crippen LogP) is 2.80. The number of ether oxygens (including phenoxy) is 2. The third-order valence-corrected chi connectivity index (χ3v) is 6.80. The van der Waals surface area contributed by atoms with Crippen LogP contribution < -0.4 is 19.1 Å². The maximum atomic E-state index is 13.0. The first-order valence-electron chi connectivity index (χ1n) is 9.68. The fourth-order valence-corrected chi connectivity index (χ4v) is 5.05. The summed E-state index contributed by atoms with van der Waals surface area (Å²) in [6, 6.07) is 9.93. The maximum Gasteiger partial charge on any atom is 0.241 e. The van der Waals surface area contributed by atoms with Crippen molar-refractivity contribution in [3.8, 4) is 11.5 Å². The van der Waals surface area contributed by atoms with Crippen molar-refractivity contribution in [1.29, 1.82) is 0 Å². The molecule has 2 heterocycles. The Bertz CT molecular complexity index is 1050. The highest BCUT2D eigenvalue weighted by molar-refractivity contribution is 7.89. The summed E-state index contributed by atoms with van der Waals surface area (Å²) in [7, 11) is -3.73. The molecule has 0 bridgehead atoms. The highest BCUT2D eigenvalue weighted by atomic mass is 32.2. The van der Waals surface area contributed by atoms with Crippen LogP contribution in [-0.2, 0) is 21.2 Å². The lowest BCUT2D eigenvalue weighted by Gasteiger charge is -2.29. The van der Waals surface area contributed by atoms with Crippen molar-refractivity contribution in [3.63, 3.8) is 0 Å². The number of nitrogens with one attached hydrogen (secondary N) is 1. The zero-order chi connectivity index (χ0) is 20.6. The summed E-state index contributed by atoms with van der Waals surface area (Å²) in [4.78, 5) is 13.7. The average molecular weight is 416 g/mol. The minimum Gasteiger partial charge on any atom is -0.486 e. The standard InChI is InChI=1S/C21H24N2O5S/c1-14(16-5-8-20-21(13-16)28-11-10-27-20)22-29(25,26)18-6-7-19-17(12-18)4-3-9-23(19)15(2)24/h5-8,12-14,22H,3-4,9-11H2,1-2H3/t14-/m1/s1. The van der Waals surface area contributed by atoms with E-state index in [1.165, 1.54) is 6.92 Å². The van der Waals surface area contributed by atoms with Gasteiger partial charge in [-0.2, -0.15) is 0 Å². The van der Waals surface area contributed by atoms with E-state index in [9.17, 15) is 13.2 Å². The summed E-state index contributed by atoms with van der Waals surface area (Å²) in [6.07, 6.45) is 1.57. The molecule has 0 aliphatic carbocycles. The molecule has 1 atom stereocenters. The van der Waals surface area contributed by atoms with Crippen LogP contribution in [0.15, 0.2) is 41.3 Å². The number of aryl methyl sites for hydroxylation is 1. The fourth-order valence-electron chi connectivity index (χ4n) is 3.77. The van der Waals surface area contributed by atoms with E-state index >= 15 is 0 Å². The van der Waals surface area contributed by atoms with Gasteiger partial charge in [0.05, 0.1) is 4.90 Å². The van der Waals surface area contributed by atoms with E-state index in [-0.39, 0.29) is 10.8 Å². The molecule has 0 aromatic heterocycles. The number of fused-ring (bicyclic) bond motifs is 2. The molecule has 2 aliphatic heterocycles. The van der Waals surface area contributed by atoms with Crippen molar-refractivity contribution in [2.45, 2.75) is 37.6 Å². The number of carbonyl (C=O) groups is 1.